The number of nitrogens with one attached hydrogen (secondary N) is 3. The Balaban J connectivity index is 1.93. The van der Waals surface area contributed by atoms with Crippen LogP contribution < -0.4 is 16.0 Å². The second kappa shape index (κ2) is 8.88. The molecule has 1 atom stereocenters. The van der Waals surface area contributed by atoms with Gasteiger partial charge in [0.25, 0.3) is 5.91 Å². The number of carbonyl (C=O) groups excluding carboxylic acids is 2. The summed E-state index contributed by atoms with van der Waals surface area (Å²) in [7, 11) is 0. The van der Waals surface area contributed by atoms with Crippen LogP contribution in [-0.4, -0.2) is 24.9 Å². The van der Waals surface area contributed by atoms with Gasteiger partial charge in [0.1, 0.15) is 0 Å². The smallest absolute Gasteiger partial charge is 0.253 e. The zero-order chi connectivity index (χ0) is 17.4. The van der Waals surface area contributed by atoms with Crippen molar-refractivity contribution in [2.45, 2.75) is 13.0 Å². The van der Waals surface area contributed by atoms with Crippen LogP contribution in [0.25, 0.3) is 0 Å². The van der Waals surface area contributed by atoms with Gasteiger partial charge < -0.3 is 16.0 Å². The van der Waals surface area contributed by atoms with Crippen LogP contribution >= 0.6 is 11.3 Å². The maximum atomic E-state index is 12.1. The fourth-order valence-corrected chi connectivity index (χ4v) is 2.91. The highest BCUT2D eigenvalue weighted by atomic mass is 32.1. The molecule has 2 amide bonds. The Morgan fingerprint density at radius 1 is 1.25 bits per heavy atom. The first-order chi connectivity index (χ1) is 11.6. The first kappa shape index (κ1) is 17.7. The second-order valence-electron chi connectivity index (χ2n) is 5.20. The molecule has 0 aliphatic rings. The normalized spacial score (nSPS) is 11.4. The molecule has 0 spiro atoms. The molecule has 126 valence electrons. The standard InChI is InChI=1S/C18H21N3O2S/c1-3-10-19-18(23)14-7-4-5-8-15(14)20-12-17(22)21-13(2)16-9-6-11-24-16/h3-9,11,13,20H,1,10,12H2,2H3,(H,19,23)(H,21,22). The summed E-state index contributed by atoms with van der Waals surface area (Å²) < 4.78 is 0. The van der Waals surface area contributed by atoms with Crippen molar-refractivity contribution in [1.29, 1.82) is 0 Å². The van der Waals surface area contributed by atoms with Gasteiger partial charge in [0.05, 0.1) is 18.2 Å². The number of thiophene rings is 1. The number of carbonyl (C=O) groups is 2. The van der Waals surface area contributed by atoms with E-state index in [4.69, 9.17) is 0 Å². The van der Waals surface area contributed by atoms with Crippen LogP contribution in [0, 0.1) is 0 Å². The Kier molecular flexibility index (Phi) is 6.57. The van der Waals surface area contributed by atoms with Crippen LogP contribution in [0.4, 0.5) is 5.69 Å². The molecule has 0 radical (unpaired) electrons. The molecular weight excluding hydrogens is 322 g/mol. The van der Waals surface area contributed by atoms with Crippen LogP contribution in [0.1, 0.15) is 28.2 Å². The van der Waals surface area contributed by atoms with Crippen molar-refractivity contribution in [2.75, 3.05) is 18.4 Å². The Morgan fingerprint density at radius 3 is 2.75 bits per heavy atom. The molecule has 6 heteroatoms. The van der Waals surface area contributed by atoms with E-state index in [1.165, 1.54) is 0 Å². The van der Waals surface area contributed by atoms with Crippen molar-refractivity contribution in [1.82, 2.24) is 10.6 Å². The average Bonchev–Trinajstić information content (AvgIpc) is 3.13. The summed E-state index contributed by atoms with van der Waals surface area (Å²) in [5.41, 5.74) is 1.12. The Bertz CT molecular complexity index is 698. The number of amides is 2. The molecular formula is C18H21N3O2S. The van der Waals surface area contributed by atoms with E-state index >= 15 is 0 Å². The third-order valence-corrected chi connectivity index (χ3v) is 4.42. The van der Waals surface area contributed by atoms with Crippen molar-refractivity contribution in [3.63, 3.8) is 0 Å². The number of rotatable bonds is 8. The van der Waals surface area contributed by atoms with Crippen LogP contribution in [0.15, 0.2) is 54.4 Å². The van der Waals surface area contributed by atoms with Gasteiger partial charge in [0.2, 0.25) is 5.91 Å². The fourth-order valence-electron chi connectivity index (χ4n) is 2.17. The minimum Gasteiger partial charge on any atom is -0.376 e. The van der Waals surface area contributed by atoms with Crippen molar-refractivity contribution >= 4 is 28.8 Å². The summed E-state index contributed by atoms with van der Waals surface area (Å²) in [5, 5.41) is 10.7. The van der Waals surface area contributed by atoms with Gasteiger partial charge in [-0.2, -0.15) is 0 Å². The molecule has 0 saturated carbocycles. The second-order valence-corrected chi connectivity index (χ2v) is 6.18. The zero-order valence-electron chi connectivity index (χ0n) is 13.5. The van der Waals surface area contributed by atoms with Gasteiger partial charge in [-0.05, 0) is 30.5 Å². The number of hydrogen-bond donors (Lipinski definition) is 3. The summed E-state index contributed by atoms with van der Waals surface area (Å²) in [6, 6.07) is 11.0. The molecule has 2 rings (SSSR count). The molecule has 0 fully saturated rings. The molecule has 24 heavy (non-hydrogen) atoms. The Labute approximate surface area is 145 Å². The van der Waals surface area contributed by atoms with Crippen LogP contribution in [0.5, 0.6) is 0 Å². The van der Waals surface area contributed by atoms with Gasteiger partial charge in [0, 0.05) is 17.1 Å². The number of para-hydroxylation sites is 1. The highest BCUT2D eigenvalue weighted by Crippen LogP contribution is 2.18. The van der Waals surface area contributed by atoms with Gasteiger partial charge in [0.15, 0.2) is 0 Å². The molecule has 1 aromatic carbocycles. The first-order valence-electron chi connectivity index (χ1n) is 7.66. The molecule has 0 saturated heterocycles. The lowest BCUT2D eigenvalue weighted by Gasteiger charge is -2.14. The minimum atomic E-state index is -0.203. The molecule has 2 aromatic rings. The third-order valence-electron chi connectivity index (χ3n) is 3.37. The van der Waals surface area contributed by atoms with E-state index in [1.54, 1.807) is 35.6 Å². The van der Waals surface area contributed by atoms with Crippen molar-refractivity contribution in [3.05, 3.63) is 64.9 Å². The zero-order valence-corrected chi connectivity index (χ0v) is 14.4. The molecule has 3 N–H and O–H groups in total. The van der Waals surface area contributed by atoms with E-state index in [-0.39, 0.29) is 24.4 Å². The van der Waals surface area contributed by atoms with E-state index in [0.717, 1.165) is 4.88 Å². The van der Waals surface area contributed by atoms with E-state index in [2.05, 4.69) is 22.5 Å². The molecule has 1 unspecified atom stereocenters. The lowest BCUT2D eigenvalue weighted by Crippen LogP contribution is -2.32. The predicted molar refractivity (Wildman–Crippen MR) is 98.3 cm³/mol. The topological polar surface area (TPSA) is 70.2 Å². The fraction of sp³-hybridized carbons (Fsp3) is 0.222. The van der Waals surface area contributed by atoms with Gasteiger partial charge >= 0.3 is 0 Å². The summed E-state index contributed by atoms with van der Waals surface area (Å²) in [6.45, 7) is 6.01. The number of hydrogen-bond acceptors (Lipinski definition) is 4. The maximum absolute atomic E-state index is 12.1. The number of anilines is 1. The van der Waals surface area contributed by atoms with E-state index in [9.17, 15) is 9.59 Å². The SMILES string of the molecule is C=CCNC(=O)c1ccccc1NCC(=O)NC(C)c1cccs1. The van der Waals surface area contributed by atoms with Crippen LogP contribution in [-0.2, 0) is 4.79 Å². The van der Waals surface area contributed by atoms with Crippen molar-refractivity contribution in [2.24, 2.45) is 0 Å². The molecule has 1 aromatic heterocycles. The Morgan fingerprint density at radius 2 is 2.04 bits per heavy atom. The largest absolute Gasteiger partial charge is 0.376 e. The quantitative estimate of drug-likeness (QED) is 0.646. The van der Waals surface area contributed by atoms with Crippen molar-refractivity contribution in [3.8, 4) is 0 Å². The lowest BCUT2D eigenvalue weighted by molar-refractivity contribution is -0.120. The molecule has 0 aliphatic carbocycles. The molecule has 1 heterocycles. The van der Waals surface area contributed by atoms with E-state index in [1.807, 2.05) is 30.5 Å². The summed E-state index contributed by atoms with van der Waals surface area (Å²) in [6.07, 6.45) is 1.62. The summed E-state index contributed by atoms with van der Waals surface area (Å²) >= 11 is 1.61. The Hall–Kier alpha value is -2.60. The van der Waals surface area contributed by atoms with Gasteiger partial charge in [-0.25, -0.2) is 0 Å². The van der Waals surface area contributed by atoms with Gasteiger partial charge in [-0.15, -0.1) is 17.9 Å². The third kappa shape index (κ3) is 4.96. The average molecular weight is 343 g/mol. The maximum Gasteiger partial charge on any atom is 0.253 e. The molecule has 5 nitrogen and oxygen atoms in total. The minimum absolute atomic E-state index is 0.0366. The molecule has 0 bridgehead atoms. The van der Waals surface area contributed by atoms with Crippen LogP contribution in [0.3, 0.4) is 0 Å². The van der Waals surface area contributed by atoms with Gasteiger partial charge in [-0.3, -0.25) is 9.59 Å². The summed E-state index contributed by atoms with van der Waals surface area (Å²) in [5.74, 6) is -0.331. The van der Waals surface area contributed by atoms with E-state index < -0.39 is 0 Å². The summed E-state index contributed by atoms with van der Waals surface area (Å²) in [4.78, 5) is 25.3. The van der Waals surface area contributed by atoms with E-state index in [0.29, 0.717) is 17.8 Å². The van der Waals surface area contributed by atoms with Crippen LogP contribution in [0.2, 0.25) is 0 Å². The highest BCUT2D eigenvalue weighted by Gasteiger charge is 2.13. The first-order valence-corrected chi connectivity index (χ1v) is 8.54. The van der Waals surface area contributed by atoms with Crippen molar-refractivity contribution < 1.29 is 9.59 Å². The van der Waals surface area contributed by atoms with Gasteiger partial charge in [-0.1, -0.05) is 24.3 Å². The highest BCUT2D eigenvalue weighted by molar-refractivity contribution is 7.10. The lowest BCUT2D eigenvalue weighted by atomic mass is 10.1. The monoisotopic (exact) mass is 343 g/mol. The predicted octanol–water partition coefficient (Wildman–Crippen LogP) is 2.95. The number of benzene rings is 1. The molecule has 0 aliphatic heterocycles.